The first-order chi connectivity index (χ1) is 17.9. The van der Waals surface area contributed by atoms with E-state index in [0.717, 1.165) is 38.3 Å². The van der Waals surface area contributed by atoms with Crippen LogP contribution in [0.15, 0.2) is 106 Å². The van der Waals surface area contributed by atoms with Gasteiger partial charge in [0.05, 0.1) is 27.4 Å². The van der Waals surface area contributed by atoms with E-state index >= 15 is 0 Å². The second-order valence-electron chi connectivity index (χ2n) is 8.25. The minimum absolute atomic E-state index is 0.200. The maximum absolute atomic E-state index is 13.0. The molecule has 0 bridgehead atoms. The van der Waals surface area contributed by atoms with Crippen LogP contribution in [0.2, 0.25) is 0 Å². The lowest BCUT2D eigenvalue weighted by Gasteiger charge is -2.10. The molecule has 0 saturated carbocycles. The molecular formula is C28H22N4O3S2. The molecule has 1 amide bonds. The zero-order valence-corrected chi connectivity index (χ0v) is 21.4. The molecule has 5 aromatic rings. The molecule has 3 aromatic carbocycles. The van der Waals surface area contributed by atoms with Gasteiger partial charge in [0.25, 0.3) is 5.91 Å². The number of carbonyl (C=O) groups excluding carboxylic acids is 1. The molecule has 2 heterocycles. The summed E-state index contributed by atoms with van der Waals surface area (Å²) in [6.07, 6.45) is 6.74. The second-order valence-corrected chi connectivity index (χ2v) is 11.4. The first kappa shape index (κ1) is 24.5. The Morgan fingerprint density at radius 1 is 0.946 bits per heavy atom. The van der Waals surface area contributed by atoms with Crippen LogP contribution in [0.3, 0.4) is 0 Å². The Kier molecular flexibility index (Phi) is 6.89. The number of aromatic amines is 1. The fourth-order valence-corrected chi connectivity index (χ4v) is 5.32. The molecule has 0 aliphatic heterocycles. The van der Waals surface area contributed by atoms with E-state index in [2.05, 4.69) is 20.5 Å². The number of nitrogens with one attached hydrogen (secondary N) is 2. The Balaban J connectivity index is 1.34. The average Bonchev–Trinajstić information content (AvgIpc) is 3.30. The van der Waals surface area contributed by atoms with Gasteiger partial charge in [0.15, 0.2) is 9.84 Å². The molecule has 5 rings (SSSR count). The second kappa shape index (κ2) is 10.4. The number of nitrogens with zero attached hydrogens (tertiary/aromatic N) is 2. The highest BCUT2D eigenvalue weighted by molar-refractivity contribution is 7.99. The maximum atomic E-state index is 13.0. The van der Waals surface area contributed by atoms with Gasteiger partial charge < -0.3 is 5.32 Å². The van der Waals surface area contributed by atoms with E-state index < -0.39 is 9.84 Å². The topological polar surface area (TPSA) is 105 Å². The SMILES string of the molecule is CS(=O)(=O)c1ccc(NC(=O)c2ccccc2Sc2ccc3c(/C=C/c4ccccn4)n[nH]c3c2)cc1. The van der Waals surface area contributed by atoms with Gasteiger partial charge in [-0.25, -0.2) is 8.42 Å². The molecule has 2 aromatic heterocycles. The summed E-state index contributed by atoms with van der Waals surface area (Å²) in [4.78, 5) is 19.3. The summed E-state index contributed by atoms with van der Waals surface area (Å²) in [6.45, 7) is 0. The predicted molar refractivity (Wildman–Crippen MR) is 147 cm³/mol. The third kappa shape index (κ3) is 5.79. The van der Waals surface area contributed by atoms with E-state index in [4.69, 9.17) is 0 Å². The minimum Gasteiger partial charge on any atom is -0.322 e. The van der Waals surface area contributed by atoms with Gasteiger partial charge in [-0.3, -0.25) is 14.9 Å². The lowest BCUT2D eigenvalue weighted by Crippen LogP contribution is -2.13. The number of benzene rings is 3. The van der Waals surface area contributed by atoms with Crippen LogP contribution < -0.4 is 5.32 Å². The Morgan fingerprint density at radius 3 is 2.49 bits per heavy atom. The van der Waals surface area contributed by atoms with Crippen molar-refractivity contribution in [1.82, 2.24) is 15.2 Å². The van der Waals surface area contributed by atoms with E-state index in [1.807, 2.05) is 66.7 Å². The summed E-state index contributed by atoms with van der Waals surface area (Å²) in [5.74, 6) is -0.278. The highest BCUT2D eigenvalue weighted by Crippen LogP contribution is 2.33. The zero-order valence-electron chi connectivity index (χ0n) is 19.8. The number of aromatic nitrogens is 3. The number of sulfone groups is 1. The number of hydrogen-bond acceptors (Lipinski definition) is 6. The third-order valence-electron chi connectivity index (χ3n) is 5.56. The zero-order chi connectivity index (χ0) is 25.8. The minimum atomic E-state index is -3.30. The van der Waals surface area contributed by atoms with Crippen molar-refractivity contribution in [1.29, 1.82) is 0 Å². The van der Waals surface area contributed by atoms with Crippen LogP contribution in [0.5, 0.6) is 0 Å². The molecule has 184 valence electrons. The Bertz CT molecular complexity index is 1710. The van der Waals surface area contributed by atoms with Crippen molar-refractivity contribution in [3.8, 4) is 0 Å². The Hall–Kier alpha value is -4.21. The molecule has 7 nitrogen and oxygen atoms in total. The number of fused-ring (bicyclic) bond motifs is 1. The molecular weight excluding hydrogens is 504 g/mol. The molecule has 0 aliphatic carbocycles. The van der Waals surface area contributed by atoms with E-state index in [1.165, 1.54) is 23.9 Å². The van der Waals surface area contributed by atoms with Crippen molar-refractivity contribution >= 4 is 56.2 Å². The molecule has 0 radical (unpaired) electrons. The quantitative estimate of drug-likeness (QED) is 0.272. The number of pyridine rings is 1. The average molecular weight is 527 g/mol. The van der Waals surface area contributed by atoms with E-state index in [9.17, 15) is 13.2 Å². The number of carbonyl (C=O) groups is 1. The van der Waals surface area contributed by atoms with Crippen molar-refractivity contribution in [3.05, 3.63) is 108 Å². The normalized spacial score (nSPS) is 11.7. The van der Waals surface area contributed by atoms with E-state index in [0.29, 0.717) is 11.3 Å². The molecule has 2 N–H and O–H groups in total. The molecule has 0 atom stereocenters. The fraction of sp³-hybridized carbons (Fsp3) is 0.0357. The van der Waals surface area contributed by atoms with Crippen molar-refractivity contribution in [2.45, 2.75) is 14.7 Å². The van der Waals surface area contributed by atoms with E-state index in [-0.39, 0.29) is 10.8 Å². The largest absolute Gasteiger partial charge is 0.322 e. The fourth-order valence-electron chi connectivity index (χ4n) is 3.70. The van der Waals surface area contributed by atoms with E-state index in [1.54, 1.807) is 24.4 Å². The Morgan fingerprint density at radius 2 is 1.73 bits per heavy atom. The summed E-state index contributed by atoms with van der Waals surface area (Å²) in [6, 6.07) is 25.2. The maximum Gasteiger partial charge on any atom is 0.256 e. The number of anilines is 1. The molecule has 0 fully saturated rings. The number of H-pyrrole nitrogens is 1. The van der Waals surface area contributed by atoms with Gasteiger partial charge in [0.1, 0.15) is 0 Å². The highest BCUT2D eigenvalue weighted by Gasteiger charge is 2.14. The van der Waals surface area contributed by atoms with Gasteiger partial charge in [-0.15, -0.1) is 0 Å². The Labute approximate surface area is 218 Å². The van der Waals surface area contributed by atoms with Crippen LogP contribution >= 0.6 is 11.8 Å². The lowest BCUT2D eigenvalue weighted by molar-refractivity contribution is 0.102. The monoisotopic (exact) mass is 526 g/mol. The lowest BCUT2D eigenvalue weighted by atomic mass is 10.2. The van der Waals surface area contributed by atoms with Crippen LogP contribution in [0.25, 0.3) is 23.1 Å². The van der Waals surface area contributed by atoms with Crippen LogP contribution in [0.4, 0.5) is 5.69 Å². The number of hydrogen-bond donors (Lipinski definition) is 2. The van der Waals surface area contributed by atoms with Gasteiger partial charge in [0.2, 0.25) is 0 Å². The van der Waals surface area contributed by atoms with Crippen LogP contribution in [-0.2, 0) is 9.84 Å². The first-order valence-corrected chi connectivity index (χ1v) is 14.0. The van der Waals surface area contributed by atoms with Gasteiger partial charge in [-0.1, -0.05) is 30.0 Å². The van der Waals surface area contributed by atoms with Gasteiger partial charge in [0, 0.05) is 33.3 Å². The number of rotatable bonds is 7. The van der Waals surface area contributed by atoms with Gasteiger partial charge in [-0.05, 0) is 78.9 Å². The standard InChI is InChI=1S/C28H22N4O3S2/c1-37(34,35)22-13-9-20(10-14-22)30-28(33)24-7-2-3-8-27(24)36-21-12-15-23-25(31-32-26(23)18-21)16-11-19-6-4-5-17-29-19/h2-18H,1H3,(H,30,33)(H,31,32)/b16-11+. The van der Waals surface area contributed by atoms with Crippen molar-refractivity contribution in [3.63, 3.8) is 0 Å². The third-order valence-corrected chi connectivity index (χ3v) is 7.76. The van der Waals surface area contributed by atoms with Crippen molar-refractivity contribution in [2.24, 2.45) is 0 Å². The molecule has 0 saturated heterocycles. The molecule has 0 spiro atoms. The summed E-state index contributed by atoms with van der Waals surface area (Å²) < 4.78 is 23.4. The van der Waals surface area contributed by atoms with Gasteiger partial charge >= 0.3 is 0 Å². The summed E-state index contributed by atoms with van der Waals surface area (Å²) in [7, 11) is -3.30. The molecule has 0 aliphatic rings. The number of amides is 1. The summed E-state index contributed by atoms with van der Waals surface area (Å²) >= 11 is 1.48. The van der Waals surface area contributed by atoms with Crippen LogP contribution in [0, 0.1) is 0 Å². The predicted octanol–water partition coefficient (Wildman–Crippen LogP) is 5.94. The van der Waals surface area contributed by atoms with Crippen LogP contribution in [0.1, 0.15) is 21.7 Å². The van der Waals surface area contributed by atoms with Crippen molar-refractivity contribution < 1.29 is 13.2 Å². The van der Waals surface area contributed by atoms with Crippen molar-refractivity contribution in [2.75, 3.05) is 11.6 Å². The molecule has 0 unspecified atom stereocenters. The smallest absolute Gasteiger partial charge is 0.256 e. The van der Waals surface area contributed by atoms with Crippen LogP contribution in [-0.4, -0.2) is 35.8 Å². The first-order valence-electron chi connectivity index (χ1n) is 11.3. The summed E-state index contributed by atoms with van der Waals surface area (Å²) in [5, 5.41) is 11.3. The highest BCUT2D eigenvalue weighted by atomic mass is 32.2. The summed E-state index contributed by atoms with van der Waals surface area (Å²) in [5.41, 5.74) is 3.59. The van der Waals surface area contributed by atoms with Gasteiger partial charge in [-0.2, -0.15) is 5.10 Å². The molecule has 9 heteroatoms. The molecule has 37 heavy (non-hydrogen) atoms.